The van der Waals surface area contributed by atoms with Gasteiger partial charge in [-0.25, -0.2) is 14.4 Å². The molecule has 1 aromatic heterocycles. The largest absolute Gasteiger partial charge is 0.359 e. The van der Waals surface area contributed by atoms with E-state index in [-0.39, 0.29) is 11.2 Å². The molecule has 1 N–H and O–H groups in total. The fraction of sp³-hybridized carbons (Fsp3) is 0.241. The van der Waals surface area contributed by atoms with Crippen LogP contribution in [0.3, 0.4) is 0 Å². The Labute approximate surface area is 193 Å². The molecule has 1 saturated carbocycles. The van der Waals surface area contributed by atoms with Crippen molar-refractivity contribution in [3.05, 3.63) is 113 Å². The van der Waals surface area contributed by atoms with Gasteiger partial charge < -0.3 is 5.32 Å². The fourth-order valence-electron chi connectivity index (χ4n) is 5.16. The van der Waals surface area contributed by atoms with E-state index in [1.54, 1.807) is 18.5 Å². The number of rotatable bonds is 6. The number of aryl methyl sites for hydroxylation is 1. The van der Waals surface area contributed by atoms with Gasteiger partial charge in [0.15, 0.2) is 0 Å². The zero-order chi connectivity index (χ0) is 22.6. The highest BCUT2D eigenvalue weighted by Gasteiger charge is 2.41. The van der Waals surface area contributed by atoms with Gasteiger partial charge >= 0.3 is 0 Å². The first-order valence-corrected chi connectivity index (χ1v) is 11.6. The number of hydrogen-bond acceptors (Lipinski definition) is 3. The van der Waals surface area contributed by atoms with Crippen LogP contribution in [0.1, 0.15) is 52.8 Å². The first-order valence-electron chi connectivity index (χ1n) is 11.6. The molecular formula is C29H26FN3. The van der Waals surface area contributed by atoms with Gasteiger partial charge in [-0.1, -0.05) is 31.2 Å². The molecule has 0 spiro atoms. The molecule has 3 aromatic carbocycles. The van der Waals surface area contributed by atoms with E-state index in [4.69, 9.17) is 0 Å². The van der Waals surface area contributed by atoms with Crippen molar-refractivity contribution < 1.29 is 4.39 Å². The summed E-state index contributed by atoms with van der Waals surface area (Å²) in [6.07, 6.45) is 6.77. The van der Waals surface area contributed by atoms with Crippen molar-refractivity contribution in [3.63, 3.8) is 0 Å². The van der Waals surface area contributed by atoms with Crippen LogP contribution in [0.25, 0.3) is 10.9 Å². The first-order chi connectivity index (χ1) is 16.0. The topological polar surface area (TPSA) is 37.8 Å². The minimum atomic E-state index is -0.201. The molecule has 164 valence electrons. The SMILES string of the molecule is C=C(Nc1ccc(Cc2ncnc3cc4c(cc23)C4)c(C)c1)C1(c2ccc(F)cc2)CCC1. The molecule has 6 rings (SSSR count). The Balaban J connectivity index is 1.23. The van der Waals surface area contributed by atoms with Crippen molar-refractivity contribution in [1.82, 2.24) is 9.97 Å². The average Bonchev–Trinajstić information content (AvgIpc) is 3.53. The van der Waals surface area contributed by atoms with Gasteiger partial charge in [0.1, 0.15) is 12.1 Å². The molecule has 33 heavy (non-hydrogen) atoms. The molecule has 0 amide bonds. The molecule has 0 aliphatic heterocycles. The van der Waals surface area contributed by atoms with E-state index in [2.05, 4.69) is 59.1 Å². The molecule has 3 nitrogen and oxygen atoms in total. The second-order valence-electron chi connectivity index (χ2n) is 9.50. The van der Waals surface area contributed by atoms with Crippen LogP contribution in [0.2, 0.25) is 0 Å². The number of nitrogens with zero attached hydrogens (tertiary/aromatic N) is 2. The van der Waals surface area contributed by atoms with Crippen LogP contribution in [-0.2, 0) is 18.3 Å². The minimum absolute atomic E-state index is 0.122. The quantitative estimate of drug-likeness (QED) is 0.326. The molecule has 0 atom stereocenters. The summed E-state index contributed by atoms with van der Waals surface area (Å²) in [5.74, 6) is -0.201. The van der Waals surface area contributed by atoms with Crippen LogP contribution >= 0.6 is 0 Å². The molecule has 1 fully saturated rings. The van der Waals surface area contributed by atoms with Crippen molar-refractivity contribution in [2.75, 3.05) is 5.32 Å². The Hall–Kier alpha value is -3.53. The van der Waals surface area contributed by atoms with Crippen LogP contribution < -0.4 is 5.32 Å². The van der Waals surface area contributed by atoms with Gasteiger partial charge in [0.2, 0.25) is 0 Å². The van der Waals surface area contributed by atoms with Crippen LogP contribution in [0, 0.1) is 12.7 Å². The third-order valence-corrected chi connectivity index (χ3v) is 7.47. The summed E-state index contributed by atoms with van der Waals surface area (Å²) in [6.45, 7) is 6.53. The van der Waals surface area contributed by atoms with E-state index in [1.807, 2.05) is 12.1 Å². The van der Waals surface area contributed by atoms with Gasteiger partial charge in [0.25, 0.3) is 0 Å². The average molecular weight is 436 g/mol. The lowest BCUT2D eigenvalue weighted by Crippen LogP contribution is -2.38. The predicted molar refractivity (Wildman–Crippen MR) is 131 cm³/mol. The van der Waals surface area contributed by atoms with E-state index in [0.29, 0.717) is 0 Å². The number of aromatic nitrogens is 2. The highest BCUT2D eigenvalue weighted by molar-refractivity contribution is 5.85. The van der Waals surface area contributed by atoms with Crippen LogP contribution in [0.4, 0.5) is 10.1 Å². The standard InChI is InChI=1S/C29H26FN3/c1-18-12-25(33-19(2)29(10-3-11-29)23-5-7-24(30)8-6-23)9-4-20(18)15-27-26-14-21-13-22(21)16-28(26)32-17-31-27/h4-9,12,14,16-17,33H,2-3,10-11,13,15H2,1H3. The molecule has 1 heterocycles. The molecule has 4 heteroatoms. The number of nitrogens with one attached hydrogen (secondary N) is 1. The maximum Gasteiger partial charge on any atom is 0.123 e. The number of allylic oxidation sites excluding steroid dienone is 1. The summed E-state index contributed by atoms with van der Waals surface area (Å²) in [5, 5.41) is 4.72. The summed E-state index contributed by atoms with van der Waals surface area (Å²) in [5.41, 5.74) is 10.4. The fourth-order valence-corrected chi connectivity index (χ4v) is 5.16. The third kappa shape index (κ3) is 3.50. The molecule has 0 unspecified atom stereocenters. The molecule has 0 radical (unpaired) electrons. The second-order valence-corrected chi connectivity index (χ2v) is 9.50. The van der Waals surface area contributed by atoms with Crippen molar-refractivity contribution in [1.29, 1.82) is 0 Å². The van der Waals surface area contributed by atoms with Crippen molar-refractivity contribution in [2.24, 2.45) is 0 Å². The van der Waals surface area contributed by atoms with Gasteiger partial charge in [0.05, 0.1) is 11.2 Å². The van der Waals surface area contributed by atoms with Crippen LogP contribution in [0.15, 0.2) is 73.2 Å². The molecule has 2 aliphatic carbocycles. The predicted octanol–water partition coefficient (Wildman–Crippen LogP) is 6.62. The molecule has 2 aliphatic rings. The maximum atomic E-state index is 13.4. The lowest BCUT2D eigenvalue weighted by atomic mass is 9.62. The Morgan fingerprint density at radius 2 is 1.82 bits per heavy atom. The Kier molecular flexibility index (Phi) is 4.58. The van der Waals surface area contributed by atoms with Crippen molar-refractivity contribution >= 4 is 16.6 Å². The van der Waals surface area contributed by atoms with Gasteiger partial charge in [0, 0.05) is 28.6 Å². The first kappa shape index (κ1) is 20.1. The Bertz CT molecular complexity index is 1400. The number of hydrogen-bond donors (Lipinski definition) is 1. The van der Waals surface area contributed by atoms with Gasteiger partial charge in [-0.2, -0.15) is 0 Å². The summed E-state index contributed by atoms with van der Waals surface area (Å²) in [7, 11) is 0. The monoisotopic (exact) mass is 435 g/mol. The highest BCUT2D eigenvalue weighted by atomic mass is 19.1. The van der Waals surface area contributed by atoms with Crippen LogP contribution in [0.5, 0.6) is 0 Å². The number of halogens is 1. The van der Waals surface area contributed by atoms with Gasteiger partial charge in [-0.05, 0) is 90.4 Å². The second kappa shape index (κ2) is 7.51. The highest BCUT2D eigenvalue weighted by Crippen LogP contribution is 2.48. The Morgan fingerprint density at radius 3 is 2.55 bits per heavy atom. The van der Waals surface area contributed by atoms with E-state index in [0.717, 1.165) is 65.6 Å². The smallest absolute Gasteiger partial charge is 0.123 e. The third-order valence-electron chi connectivity index (χ3n) is 7.47. The zero-order valence-electron chi connectivity index (χ0n) is 18.8. The zero-order valence-corrected chi connectivity index (χ0v) is 18.8. The lowest BCUT2D eigenvalue weighted by Gasteiger charge is -2.44. The summed E-state index contributed by atoms with van der Waals surface area (Å²) < 4.78 is 13.4. The van der Waals surface area contributed by atoms with Gasteiger partial charge in [-0.3, -0.25) is 0 Å². The van der Waals surface area contributed by atoms with E-state index >= 15 is 0 Å². The van der Waals surface area contributed by atoms with Gasteiger partial charge in [-0.15, -0.1) is 0 Å². The summed E-state index contributed by atoms with van der Waals surface area (Å²) in [4.78, 5) is 9.06. The minimum Gasteiger partial charge on any atom is -0.359 e. The number of benzene rings is 3. The Morgan fingerprint density at radius 1 is 1.03 bits per heavy atom. The summed E-state index contributed by atoms with van der Waals surface area (Å²) >= 11 is 0. The molecule has 0 bridgehead atoms. The molecule has 0 saturated heterocycles. The summed E-state index contributed by atoms with van der Waals surface area (Å²) in [6, 6.07) is 17.8. The number of anilines is 1. The lowest BCUT2D eigenvalue weighted by molar-refractivity contribution is 0.297. The van der Waals surface area contributed by atoms with Crippen molar-refractivity contribution in [2.45, 2.75) is 44.4 Å². The van der Waals surface area contributed by atoms with E-state index in [1.165, 1.54) is 22.3 Å². The molecule has 4 aromatic rings. The number of fused-ring (bicyclic) bond motifs is 2. The normalized spacial score (nSPS) is 15.6. The van der Waals surface area contributed by atoms with Crippen molar-refractivity contribution in [3.8, 4) is 0 Å². The van der Waals surface area contributed by atoms with Crippen LogP contribution in [-0.4, -0.2) is 9.97 Å². The maximum absolute atomic E-state index is 13.4. The molecular weight excluding hydrogens is 409 g/mol. The van der Waals surface area contributed by atoms with E-state index < -0.39 is 0 Å². The van der Waals surface area contributed by atoms with E-state index in [9.17, 15) is 4.39 Å².